The average Bonchev–Trinajstić information content (AvgIpc) is 4.05. The molecule has 0 radical (unpaired) electrons. The lowest BCUT2D eigenvalue weighted by Crippen LogP contribution is -2.67. The van der Waals surface area contributed by atoms with Crippen LogP contribution in [0.5, 0.6) is 0 Å². The zero-order valence-corrected chi connectivity index (χ0v) is 42.3. The number of carboxylic acids is 1. The molecule has 8 fully saturated rings. The fourth-order valence-electron chi connectivity index (χ4n) is 17.9. The molecule has 1 aromatic heterocycles. The van der Waals surface area contributed by atoms with Gasteiger partial charge in [0.1, 0.15) is 11.9 Å². The first-order valence-electron chi connectivity index (χ1n) is 26.6. The zero-order valence-electron chi connectivity index (χ0n) is 42.3. The number of carbonyl (C=O) groups is 3. The molecule has 2 aromatic rings. The van der Waals surface area contributed by atoms with Crippen molar-refractivity contribution in [3.63, 3.8) is 0 Å². The number of imidazole rings is 1. The molecule has 0 spiro atoms. The summed E-state index contributed by atoms with van der Waals surface area (Å²) in [5.74, 6) is 1.59. The number of ether oxygens (including phenoxy) is 2. The number of aromatic nitrogens is 2. The Hall–Kier alpha value is -3.50. The van der Waals surface area contributed by atoms with Crippen molar-refractivity contribution in [1.82, 2.24) is 19.4 Å². The van der Waals surface area contributed by atoms with Gasteiger partial charge in [-0.3, -0.25) is 19.3 Å². The third-order valence-electron chi connectivity index (χ3n) is 22.0. The number of hydrogen-bond acceptors (Lipinski definition) is 7. The van der Waals surface area contributed by atoms with E-state index < -0.39 is 22.7 Å². The van der Waals surface area contributed by atoms with Crippen molar-refractivity contribution < 1.29 is 29.0 Å². The van der Waals surface area contributed by atoms with E-state index in [1.165, 1.54) is 12.0 Å². The van der Waals surface area contributed by atoms with Crippen LogP contribution in [-0.2, 0) is 30.4 Å². The maximum Gasteiger partial charge on any atom is 0.309 e. The molecule has 10 rings (SSSR count). The standard InChI is InChI=1S/C57H82N4O6/c1-36(2)38-19-24-57(51(65)61-27-13-16-43(61)48-58-42(37-14-11-10-12-15-37)35-60(48)29-28-59-30-32-66-33-31-59)26-25-55(8)39(47(38)57)17-18-45-54(7)22-21-46(53(5,6)44(54)20-23-56(45,55)9)67-50(64)41-34-40(49(62)63)52(41,3)4/h10-12,14-15,35,38-41,43-47H,1,13,16-34H2,2-9H3,(H,62,63)/t38-,39+,40-,41+,43-,44?,45?,46-,47?,54-,55+,56+,57-/m0/s1. The Morgan fingerprint density at radius 3 is 2.25 bits per heavy atom. The molecule has 3 heterocycles. The second kappa shape index (κ2) is 16.8. The number of fused-ring (bicyclic) bond motifs is 7. The molecular weight excluding hydrogens is 837 g/mol. The number of amides is 1. The lowest BCUT2D eigenvalue weighted by molar-refractivity contribution is -0.251. The maximum atomic E-state index is 16.0. The van der Waals surface area contributed by atoms with Crippen LogP contribution in [0.15, 0.2) is 48.7 Å². The van der Waals surface area contributed by atoms with Crippen molar-refractivity contribution in [3.05, 3.63) is 54.5 Å². The number of carbonyl (C=O) groups excluding carboxylic acids is 2. The summed E-state index contributed by atoms with van der Waals surface area (Å²) in [6, 6.07) is 10.5. The second-order valence-electron chi connectivity index (χ2n) is 25.3. The molecule has 1 aromatic carbocycles. The van der Waals surface area contributed by atoms with Crippen LogP contribution in [0.3, 0.4) is 0 Å². The number of nitrogens with zero attached hydrogens (tertiary/aromatic N) is 4. The minimum atomic E-state index is -0.817. The number of morpholine rings is 1. The molecule has 2 aliphatic heterocycles. The normalized spacial score (nSPS) is 41.0. The molecule has 6 aliphatic carbocycles. The first-order chi connectivity index (χ1) is 31.8. The van der Waals surface area contributed by atoms with Gasteiger partial charge in [0.15, 0.2) is 0 Å². The van der Waals surface area contributed by atoms with E-state index in [1.54, 1.807) is 0 Å². The van der Waals surface area contributed by atoms with E-state index in [2.05, 4.69) is 99.0 Å². The minimum absolute atomic E-state index is 0.0371. The Balaban J connectivity index is 0.911. The van der Waals surface area contributed by atoms with Crippen LogP contribution in [0, 0.1) is 73.9 Å². The van der Waals surface area contributed by atoms with Crippen molar-refractivity contribution in [2.75, 3.05) is 39.4 Å². The molecular formula is C57H82N4O6. The van der Waals surface area contributed by atoms with Crippen LogP contribution >= 0.6 is 0 Å². The maximum absolute atomic E-state index is 16.0. The third-order valence-corrected chi connectivity index (χ3v) is 22.0. The van der Waals surface area contributed by atoms with Gasteiger partial charge in [-0.2, -0.15) is 0 Å². The highest BCUT2D eigenvalue weighted by Crippen LogP contribution is 2.78. The second-order valence-corrected chi connectivity index (χ2v) is 25.3. The van der Waals surface area contributed by atoms with Gasteiger partial charge in [-0.1, -0.05) is 91.0 Å². The van der Waals surface area contributed by atoms with Crippen LogP contribution in [0.2, 0.25) is 0 Å². The van der Waals surface area contributed by atoms with Crippen LogP contribution in [0.4, 0.5) is 0 Å². The van der Waals surface area contributed by atoms with E-state index in [1.807, 2.05) is 13.8 Å². The van der Waals surface area contributed by atoms with E-state index in [9.17, 15) is 14.7 Å². The van der Waals surface area contributed by atoms with Gasteiger partial charge in [0.05, 0.1) is 42.2 Å². The SMILES string of the molecule is C=C(C)[C@@H]1CC[C@]2(C(=O)N3CCC[C@H]3c3nc(-c4ccccc4)cn3CCN3CCOCC3)CC[C@]3(C)[C@H](CCC4[C@@]5(C)CC[C@H](OC(=O)[C@H]6C[C@@H](C(=O)O)C6(C)C)C(C)(C)C5CC[C@]43C)C12. The molecule has 1 amide bonds. The predicted molar refractivity (Wildman–Crippen MR) is 260 cm³/mol. The lowest BCUT2D eigenvalue weighted by Gasteiger charge is -2.73. The quantitative estimate of drug-likeness (QED) is 0.185. The number of hydrogen-bond donors (Lipinski definition) is 1. The van der Waals surface area contributed by atoms with E-state index in [0.29, 0.717) is 36.0 Å². The van der Waals surface area contributed by atoms with Crippen molar-refractivity contribution in [2.24, 2.45) is 73.9 Å². The van der Waals surface area contributed by atoms with Gasteiger partial charge < -0.3 is 24.0 Å². The Bertz CT molecular complexity index is 2250. The fourth-order valence-corrected chi connectivity index (χ4v) is 17.9. The minimum Gasteiger partial charge on any atom is -0.481 e. The molecule has 13 atom stereocenters. The van der Waals surface area contributed by atoms with Crippen LogP contribution in [-0.4, -0.2) is 87.8 Å². The van der Waals surface area contributed by atoms with Gasteiger partial charge in [-0.15, -0.1) is 0 Å². The number of carboxylic acid groups (broad SMARTS) is 1. The monoisotopic (exact) mass is 919 g/mol. The zero-order chi connectivity index (χ0) is 47.5. The Morgan fingerprint density at radius 1 is 0.806 bits per heavy atom. The highest BCUT2D eigenvalue weighted by atomic mass is 16.5. The summed E-state index contributed by atoms with van der Waals surface area (Å²) in [6.45, 7) is 29.4. The van der Waals surface area contributed by atoms with E-state index in [-0.39, 0.29) is 51.6 Å². The van der Waals surface area contributed by atoms with Crippen molar-refractivity contribution in [2.45, 2.75) is 158 Å². The summed E-state index contributed by atoms with van der Waals surface area (Å²) in [4.78, 5) is 52.0. The fraction of sp³-hybridized carbons (Fsp3) is 0.754. The summed E-state index contributed by atoms with van der Waals surface area (Å²) in [5.41, 5.74) is 2.49. The van der Waals surface area contributed by atoms with Gasteiger partial charge in [0.25, 0.3) is 0 Å². The van der Waals surface area contributed by atoms with Gasteiger partial charge >= 0.3 is 11.9 Å². The predicted octanol–water partition coefficient (Wildman–Crippen LogP) is 10.9. The summed E-state index contributed by atoms with van der Waals surface area (Å²) < 4.78 is 14.6. The number of allylic oxidation sites excluding steroid dienone is 1. The van der Waals surface area contributed by atoms with Gasteiger partial charge in [0.2, 0.25) is 5.91 Å². The highest BCUT2D eigenvalue weighted by molar-refractivity contribution is 5.85. The molecule has 10 heteroatoms. The number of aliphatic carboxylic acids is 1. The van der Waals surface area contributed by atoms with Gasteiger partial charge in [-0.25, -0.2) is 4.98 Å². The number of esters is 1. The Labute approximate surface area is 401 Å². The van der Waals surface area contributed by atoms with E-state index in [4.69, 9.17) is 14.5 Å². The van der Waals surface area contributed by atoms with E-state index in [0.717, 1.165) is 134 Å². The molecule has 67 heavy (non-hydrogen) atoms. The molecule has 6 saturated carbocycles. The molecule has 1 N–H and O–H groups in total. The number of rotatable bonds is 10. The molecule has 10 nitrogen and oxygen atoms in total. The Morgan fingerprint density at radius 2 is 1.55 bits per heavy atom. The summed E-state index contributed by atoms with van der Waals surface area (Å²) in [5, 5.41) is 9.76. The van der Waals surface area contributed by atoms with Crippen LogP contribution in [0.25, 0.3) is 11.3 Å². The Kier molecular flexibility index (Phi) is 11.9. The molecule has 3 unspecified atom stereocenters. The lowest BCUT2D eigenvalue weighted by atomic mass is 9.32. The van der Waals surface area contributed by atoms with E-state index >= 15 is 4.79 Å². The molecule has 0 bridgehead atoms. The van der Waals surface area contributed by atoms with Gasteiger partial charge in [-0.05, 0) is 142 Å². The summed E-state index contributed by atoms with van der Waals surface area (Å²) in [6.07, 6.45) is 14.9. The number of benzene rings is 1. The summed E-state index contributed by atoms with van der Waals surface area (Å²) >= 11 is 0. The molecule has 366 valence electrons. The topological polar surface area (TPSA) is 114 Å². The number of likely N-dealkylation sites (tertiary alicyclic amines) is 1. The smallest absolute Gasteiger partial charge is 0.309 e. The van der Waals surface area contributed by atoms with Crippen molar-refractivity contribution >= 4 is 17.8 Å². The molecule has 2 saturated heterocycles. The highest BCUT2D eigenvalue weighted by Gasteiger charge is 2.73. The van der Waals surface area contributed by atoms with Crippen molar-refractivity contribution in [1.29, 1.82) is 0 Å². The largest absolute Gasteiger partial charge is 0.481 e. The third kappa shape index (κ3) is 7.18. The van der Waals surface area contributed by atoms with Crippen LogP contribution in [0.1, 0.15) is 151 Å². The first kappa shape index (κ1) is 47.2. The average molecular weight is 919 g/mol. The molecule has 8 aliphatic rings. The first-order valence-corrected chi connectivity index (χ1v) is 26.6. The van der Waals surface area contributed by atoms with Gasteiger partial charge in [0, 0.05) is 49.9 Å². The van der Waals surface area contributed by atoms with Crippen molar-refractivity contribution in [3.8, 4) is 11.3 Å². The van der Waals surface area contributed by atoms with Crippen LogP contribution < -0.4 is 0 Å². The summed E-state index contributed by atoms with van der Waals surface area (Å²) in [7, 11) is 0.